The summed E-state index contributed by atoms with van der Waals surface area (Å²) in [7, 11) is 2.46. The smallest absolute Gasteiger partial charge is 0.420 e. The first kappa shape index (κ1) is 22.8. The summed E-state index contributed by atoms with van der Waals surface area (Å²) in [6, 6.07) is 3.66. The Morgan fingerprint density at radius 3 is 2.33 bits per heavy atom. The number of ether oxygens (including phenoxy) is 2. The fourth-order valence-corrected chi connectivity index (χ4v) is 3.66. The van der Waals surface area contributed by atoms with Gasteiger partial charge in [-0.15, -0.1) is 0 Å². The van der Waals surface area contributed by atoms with Crippen LogP contribution in [-0.2, 0) is 18.0 Å². The number of aromatic nitrogens is 3. The van der Waals surface area contributed by atoms with E-state index in [0.29, 0.717) is 17.9 Å². The van der Waals surface area contributed by atoms with E-state index in [1.807, 2.05) is 0 Å². The van der Waals surface area contributed by atoms with Gasteiger partial charge in [-0.3, -0.25) is 9.48 Å². The minimum absolute atomic E-state index is 0.0874. The third kappa shape index (κ3) is 3.94. The van der Waals surface area contributed by atoms with E-state index < -0.39 is 40.3 Å². The van der Waals surface area contributed by atoms with Crippen LogP contribution in [0.1, 0.15) is 11.1 Å². The first-order valence-electron chi connectivity index (χ1n) is 9.77. The van der Waals surface area contributed by atoms with Crippen LogP contribution in [0.3, 0.4) is 0 Å². The van der Waals surface area contributed by atoms with Gasteiger partial charge in [0.2, 0.25) is 0 Å². The first-order chi connectivity index (χ1) is 15.5. The van der Waals surface area contributed by atoms with Gasteiger partial charge in [0.1, 0.15) is 28.8 Å². The van der Waals surface area contributed by atoms with Crippen molar-refractivity contribution in [3.8, 4) is 22.8 Å². The molecule has 12 heteroatoms. The molecule has 3 heterocycles. The Bertz CT molecular complexity index is 1260. The Balaban J connectivity index is 1.94. The topological polar surface area (TPSA) is 70.3 Å². The Kier molecular flexibility index (Phi) is 5.64. The molecule has 0 atom stereocenters. The molecule has 0 aliphatic carbocycles. The third-order valence-electron chi connectivity index (χ3n) is 5.35. The maximum absolute atomic E-state index is 14.7. The number of nitrogens with one attached hydrogen (secondary N) is 1. The molecule has 1 aliphatic rings. The van der Waals surface area contributed by atoms with Gasteiger partial charge in [-0.05, 0) is 19.1 Å². The Morgan fingerprint density at radius 1 is 1.18 bits per heavy atom. The number of nitrogens with zero attached hydrogens (tertiary/aromatic N) is 3. The lowest BCUT2D eigenvalue weighted by Crippen LogP contribution is -2.40. The van der Waals surface area contributed by atoms with Crippen LogP contribution in [0.5, 0.6) is 5.75 Å². The van der Waals surface area contributed by atoms with Crippen LogP contribution in [0.4, 0.5) is 27.8 Å². The maximum Gasteiger partial charge on any atom is 0.420 e. The average Bonchev–Trinajstić information content (AvgIpc) is 2.92. The van der Waals surface area contributed by atoms with Crippen LogP contribution in [0, 0.1) is 18.6 Å². The molecule has 0 spiro atoms. The van der Waals surface area contributed by atoms with Crippen molar-refractivity contribution in [2.75, 3.05) is 25.6 Å². The van der Waals surface area contributed by atoms with Crippen LogP contribution in [-0.4, -0.2) is 40.7 Å². The van der Waals surface area contributed by atoms with Gasteiger partial charge in [-0.1, -0.05) is 0 Å². The van der Waals surface area contributed by atoms with Crippen LogP contribution in [0.15, 0.2) is 29.1 Å². The minimum Gasteiger partial charge on any atom is -0.497 e. The summed E-state index contributed by atoms with van der Waals surface area (Å²) in [5.41, 5.74) is -3.02. The molecular formula is C21H19F5N4O3. The molecule has 2 aromatic heterocycles. The van der Waals surface area contributed by atoms with Gasteiger partial charge in [-0.25, -0.2) is 13.8 Å². The minimum atomic E-state index is -4.84. The van der Waals surface area contributed by atoms with Gasteiger partial charge in [0.25, 0.3) is 5.56 Å². The van der Waals surface area contributed by atoms with E-state index in [-0.39, 0.29) is 28.9 Å². The fourth-order valence-electron chi connectivity index (χ4n) is 3.66. The zero-order valence-electron chi connectivity index (χ0n) is 17.8. The second kappa shape index (κ2) is 8.18. The molecule has 4 rings (SSSR count). The molecule has 0 amide bonds. The number of anilines is 1. The monoisotopic (exact) mass is 470 g/mol. The van der Waals surface area contributed by atoms with E-state index in [2.05, 4.69) is 10.3 Å². The zero-order valence-corrected chi connectivity index (χ0v) is 17.8. The summed E-state index contributed by atoms with van der Waals surface area (Å²) in [6.45, 7) is 2.00. The number of alkyl halides is 3. The van der Waals surface area contributed by atoms with E-state index in [1.165, 1.54) is 21.1 Å². The van der Waals surface area contributed by atoms with Crippen molar-refractivity contribution in [3.05, 3.63) is 57.4 Å². The molecule has 0 bridgehead atoms. The molecule has 7 nitrogen and oxygen atoms in total. The van der Waals surface area contributed by atoms with Crippen LogP contribution < -0.4 is 15.6 Å². The zero-order chi connectivity index (χ0) is 24.1. The van der Waals surface area contributed by atoms with E-state index in [4.69, 9.17) is 9.47 Å². The highest BCUT2D eigenvalue weighted by Gasteiger charge is 2.37. The summed E-state index contributed by atoms with van der Waals surface area (Å²) in [5.74, 6) is -2.78. The predicted octanol–water partition coefficient (Wildman–Crippen LogP) is 3.66. The van der Waals surface area contributed by atoms with E-state index in [0.717, 1.165) is 28.9 Å². The predicted molar refractivity (Wildman–Crippen MR) is 109 cm³/mol. The van der Waals surface area contributed by atoms with Crippen LogP contribution >= 0.6 is 0 Å². The molecular weight excluding hydrogens is 451 g/mol. The molecule has 1 saturated heterocycles. The fraction of sp³-hybridized carbons (Fsp3) is 0.333. The Labute approximate surface area is 184 Å². The number of pyridine rings is 1. The maximum atomic E-state index is 14.7. The number of hydrogen-bond donors (Lipinski definition) is 1. The number of benzene rings is 1. The normalized spacial score (nSPS) is 14.3. The largest absolute Gasteiger partial charge is 0.497 e. The van der Waals surface area contributed by atoms with Gasteiger partial charge in [0.05, 0.1) is 37.6 Å². The van der Waals surface area contributed by atoms with Crippen molar-refractivity contribution >= 4 is 5.82 Å². The highest BCUT2D eigenvalue weighted by Crippen LogP contribution is 2.36. The third-order valence-corrected chi connectivity index (χ3v) is 5.35. The van der Waals surface area contributed by atoms with Crippen molar-refractivity contribution in [2.24, 2.45) is 7.05 Å². The lowest BCUT2D eigenvalue weighted by atomic mass is 10.1. The molecule has 1 N–H and O–H groups in total. The number of halogens is 5. The SMILES string of the molecule is COc1cc(F)c(-c2c(C)c(=O)n(-c3nc(NC4COC4)ccc3C(F)(F)F)n2C)c(F)c1. The van der Waals surface area contributed by atoms with Gasteiger partial charge in [-0.2, -0.15) is 17.9 Å². The second-order valence-corrected chi connectivity index (χ2v) is 7.52. The Morgan fingerprint density at radius 2 is 1.82 bits per heavy atom. The molecule has 0 saturated carbocycles. The first-order valence-corrected chi connectivity index (χ1v) is 9.77. The number of rotatable bonds is 5. The molecule has 1 aliphatic heterocycles. The van der Waals surface area contributed by atoms with Crippen molar-refractivity contribution < 1.29 is 31.4 Å². The molecule has 3 aromatic rings. The van der Waals surface area contributed by atoms with Crippen molar-refractivity contribution in [1.82, 2.24) is 14.3 Å². The van der Waals surface area contributed by atoms with Crippen LogP contribution in [0.2, 0.25) is 0 Å². The lowest BCUT2D eigenvalue weighted by Gasteiger charge is -2.27. The standard InChI is InChI=1S/C21H19F5N4O3/c1-10-18(17-14(22)6-12(32-3)7-15(17)23)29(2)30(20(10)31)19-13(21(24,25)26)4-5-16(28-19)27-11-8-33-9-11/h4-7,11H,8-9H2,1-3H3,(H,27,28). The molecule has 176 valence electrons. The highest BCUT2D eigenvalue weighted by atomic mass is 19.4. The molecule has 1 fully saturated rings. The quantitative estimate of drug-likeness (QED) is 0.577. The summed E-state index contributed by atoms with van der Waals surface area (Å²) >= 11 is 0. The Hall–Kier alpha value is -3.41. The van der Waals surface area contributed by atoms with E-state index in [9.17, 15) is 26.7 Å². The van der Waals surface area contributed by atoms with Crippen molar-refractivity contribution in [1.29, 1.82) is 0 Å². The highest BCUT2D eigenvalue weighted by molar-refractivity contribution is 5.66. The van der Waals surface area contributed by atoms with Gasteiger partial charge < -0.3 is 14.8 Å². The van der Waals surface area contributed by atoms with Gasteiger partial charge in [0, 0.05) is 24.7 Å². The second-order valence-electron chi connectivity index (χ2n) is 7.52. The molecule has 0 radical (unpaired) electrons. The summed E-state index contributed by atoms with van der Waals surface area (Å²) in [6.07, 6.45) is -4.84. The number of hydrogen-bond acceptors (Lipinski definition) is 5. The summed E-state index contributed by atoms with van der Waals surface area (Å²) < 4.78 is 82.3. The summed E-state index contributed by atoms with van der Waals surface area (Å²) in [4.78, 5) is 17.1. The number of methoxy groups -OCH3 is 1. The van der Waals surface area contributed by atoms with Crippen molar-refractivity contribution in [3.63, 3.8) is 0 Å². The van der Waals surface area contributed by atoms with Crippen LogP contribution in [0.25, 0.3) is 17.1 Å². The van der Waals surface area contributed by atoms with Gasteiger partial charge in [0.15, 0.2) is 5.82 Å². The molecule has 1 aromatic carbocycles. The molecule has 33 heavy (non-hydrogen) atoms. The summed E-state index contributed by atoms with van der Waals surface area (Å²) in [5, 5.41) is 2.93. The van der Waals surface area contributed by atoms with Gasteiger partial charge >= 0.3 is 6.18 Å². The van der Waals surface area contributed by atoms with Crippen molar-refractivity contribution in [2.45, 2.75) is 19.1 Å². The van der Waals surface area contributed by atoms with E-state index >= 15 is 0 Å². The lowest BCUT2D eigenvalue weighted by molar-refractivity contribution is -0.137. The average molecular weight is 470 g/mol. The van der Waals surface area contributed by atoms with E-state index in [1.54, 1.807) is 0 Å². The molecule has 0 unspecified atom stereocenters.